The average molecular weight is 179 g/mol. The van der Waals surface area contributed by atoms with Crippen LogP contribution in [0.3, 0.4) is 0 Å². The highest BCUT2D eigenvalue weighted by atomic mass is 19.1. The van der Waals surface area contributed by atoms with Crippen molar-refractivity contribution in [3.63, 3.8) is 0 Å². The molecule has 0 radical (unpaired) electrons. The first-order chi connectivity index (χ1) is 6.25. The molecule has 1 aliphatic rings. The van der Waals surface area contributed by atoms with Crippen molar-refractivity contribution in [1.82, 2.24) is 5.32 Å². The fraction of sp³-hybridized carbons (Fsp3) is 0.455. The van der Waals surface area contributed by atoms with E-state index in [0.29, 0.717) is 5.92 Å². The third-order valence-electron chi connectivity index (χ3n) is 2.58. The number of halogens is 1. The van der Waals surface area contributed by atoms with E-state index < -0.39 is 0 Å². The van der Waals surface area contributed by atoms with E-state index in [1.165, 1.54) is 0 Å². The number of hydrogen-bond donors (Lipinski definition) is 1. The smallest absolute Gasteiger partial charge is 0.126 e. The van der Waals surface area contributed by atoms with E-state index in [4.69, 9.17) is 0 Å². The van der Waals surface area contributed by atoms with Gasteiger partial charge in [-0.3, -0.25) is 0 Å². The summed E-state index contributed by atoms with van der Waals surface area (Å²) in [7, 11) is 0. The summed E-state index contributed by atoms with van der Waals surface area (Å²) in [6.45, 7) is 4.07. The molecule has 0 amide bonds. The molecule has 1 saturated heterocycles. The summed E-state index contributed by atoms with van der Waals surface area (Å²) >= 11 is 0. The first-order valence-electron chi connectivity index (χ1n) is 4.71. The lowest BCUT2D eigenvalue weighted by atomic mass is 9.93. The molecule has 1 fully saturated rings. The zero-order valence-electron chi connectivity index (χ0n) is 7.81. The molecule has 1 aliphatic heterocycles. The van der Waals surface area contributed by atoms with Crippen molar-refractivity contribution in [1.29, 1.82) is 0 Å². The van der Waals surface area contributed by atoms with Gasteiger partial charge in [-0.05, 0) is 44.0 Å². The van der Waals surface area contributed by atoms with Crippen molar-refractivity contribution in [3.8, 4) is 0 Å². The van der Waals surface area contributed by atoms with Gasteiger partial charge in [-0.15, -0.1) is 0 Å². The molecule has 0 bridgehead atoms. The molecule has 2 rings (SSSR count). The molecule has 13 heavy (non-hydrogen) atoms. The maximum absolute atomic E-state index is 13.3. The summed E-state index contributed by atoms with van der Waals surface area (Å²) in [6, 6.07) is 5.34. The molecule has 0 atom stereocenters. The third kappa shape index (κ3) is 1.89. The van der Waals surface area contributed by atoms with Gasteiger partial charge in [0.05, 0.1) is 0 Å². The van der Waals surface area contributed by atoms with Crippen LogP contribution in [-0.2, 0) is 6.42 Å². The minimum absolute atomic E-state index is 0.0579. The standard InChI is InChI=1S/C11H14FN/c1-8-2-3-11(12)10(4-8)5-9-6-13-7-9/h2-4,9,13H,5-7H2,1H3. The Morgan fingerprint density at radius 3 is 2.85 bits per heavy atom. The second-order valence-corrected chi connectivity index (χ2v) is 3.82. The van der Waals surface area contributed by atoms with Crippen LogP contribution in [0.15, 0.2) is 18.2 Å². The van der Waals surface area contributed by atoms with Gasteiger partial charge in [0, 0.05) is 0 Å². The summed E-state index contributed by atoms with van der Waals surface area (Å²) in [5.41, 5.74) is 2.01. The van der Waals surface area contributed by atoms with Gasteiger partial charge in [0.15, 0.2) is 0 Å². The Balaban J connectivity index is 2.13. The van der Waals surface area contributed by atoms with E-state index in [1.54, 1.807) is 6.07 Å². The molecule has 1 N–H and O–H groups in total. The third-order valence-corrected chi connectivity index (χ3v) is 2.58. The fourth-order valence-corrected chi connectivity index (χ4v) is 1.66. The summed E-state index contributed by atoms with van der Waals surface area (Å²) in [5.74, 6) is 0.578. The summed E-state index contributed by atoms with van der Waals surface area (Å²) in [4.78, 5) is 0. The number of rotatable bonds is 2. The van der Waals surface area contributed by atoms with Gasteiger partial charge in [0.25, 0.3) is 0 Å². The largest absolute Gasteiger partial charge is 0.316 e. The molecule has 0 spiro atoms. The zero-order chi connectivity index (χ0) is 9.26. The summed E-state index contributed by atoms with van der Waals surface area (Å²) in [6.07, 6.45) is 0.876. The Kier molecular flexibility index (Phi) is 2.32. The monoisotopic (exact) mass is 179 g/mol. The molecule has 0 aromatic heterocycles. The second-order valence-electron chi connectivity index (χ2n) is 3.82. The first kappa shape index (κ1) is 8.70. The fourth-order valence-electron chi connectivity index (χ4n) is 1.66. The van der Waals surface area contributed by atoms with Gasteiger partial charge in [-0.2, -0.15) is 0 Å². The Hall–Kier alpha value is -0.890. The van der Waals surface area contributed by atoms with Crippen LogP contribution < -0.4 is 5.32 Å². The normalized spacial score (nSPS) is 17.1. The highest BCUT2D eigenvalue weighted by Crippen LogP contribution is 2.16. The molecule has 1 aromatic rings. The van der Waals surface area contributed by atoms with E-state index in [0.717, 1.165) is 30.6 Å². The van der Waals surface area contributed by atoms with Crippen LogP contribution in [-0.4, -0.2) is 13.1 Å². The minimum Gasteiger partial charge on any atom is -0.316 e. The van der Waals surface area contributed by atoms with Crippen molar-refractivity contribution in [2.75, 3.05) is 13.1 Å². The van der Waals surface area contributed by atoms with Gasteiger partial charge in [-0.1, -0.05) is 17.7 Å². The van der Waals surface area contributed by atoms with Crippen molar-refractivity contribution >= 4 is 0 Å². The van der Waals surface area contributed by atoms with E-state index in [-0.39, 0.29) is 5.82 Å². The SMILES string of the molecule is Cc1ccc(F)c(CC2CNC2)c1. The second kappa shape index (κ2) is 3.46. The van der Waals surface area contributed by atoms with E-state index in [2.05, 4.69) is 5.32 Å². The van der Waals surface area contributed by atoms with Gasteiger partial charge in [0.2, 0.25) is 0 Å². The van der Waals surface area contributed by atoms with Crippen molar-refractivity contribution in [2.45, 2.75) is 13.3 Å². The maximum Gasteiger partial charge on any atom is 0.126 e. The molecule has 0 unspecified atom stereocenters. The minimum atomic E-state index is -0.0579. The molecule has 1 aromatic carbocycles. The Morgan fingerprint density at radius 2 is 2.23 bits per heavy atom. The maximum atomic E-state index is 13.3. The van der Waals surface area contributed by atoms with Crippen LogP contribution in [0.1, 0.15) is 11.1 Å². The van der Waals surface area contributed by atoms with Gasteiger partial charge in [-0.25, -0.2) is 4.39 Å². The van der Waals surface area contributed by atoms with Crippen molar-refractivity contribution < 1.29 is 4.39 Å². The predicted octanol–water partition coefficient (Wildman–Crippen LogP) is 1.90. The average Bonchev–Trinajstić information content (AvgIpc) is 2.03. The summed E-state index contributed by atoms with van der Waals surface area (Å²) < 4.78 is 13.3. The quantitative estimate of drug-likeness (QED) is 0.731. The molecular formula is C11H14FN. The lowest BCUT2D eigenvalue weighted by Crippen LogP contribution is -2.43. The number of nitrogens with one attached hydrogen (secondary N) is 1. The lowest BCUT2D eigenvalue weighted by molar-refractivity contribution is 0.342. The van der Waals surface area contributed by atoms with Crippen LogP contribution in [0.25, 0.3) is 0 Å². The Bertz CT molecular complexity index is 305. The molecular weight excluding hydrogens is 165 g/mol. The van der Waals surface area contributed by atoms with Gasteiger partial charge < -0.3 is 5.32 Å². The Morgan fingerprint density at radius 1 is 1.46 bits per heavy atom. The highest BCUT2D eigenvalue weighted by molar-refractivity contribution is 5.24. The summed E-state index contributed by atoms with van der Waals surface area (Å²) in [5, 5.41) is 3.19. The zero-order valence-corrected chi connectivity index (χ0v) is 7.81. The van der Waals surface area contributed by atoms with Crippen LogP contribution in [0.4, 0.5) is 4.39 Å². The van der Waals surface area contributed by atoms with Gasteiger partial charge >= 0.3 is 0 Å². The molecule has 0 aliphatic carbocycles. The number of benzene rings is 1. The van der Waals surface area contributed by atoms with E-state index in [1.807, 2.05) is 19.1 Å². The molecule has 1 heterocycles. The topological polar surface area (TPSA) is 12.0 Å². The molecule has 1 nitrogen and oxygen atoms in total. The van der Waals surface area contributed by atoms with E-state index in [9.17, 15) is 4.39 Å². The Labute approximate surface area is 78.0 Å². The molecule has 0 saturated carbocycles. The van der Waals surface area contributed by atoms with Gasteiger partial charge in [0.1, 0.15) is 5.82 Å². The molecule has 70 valence electrons. The van der Waals surface area contributed by atoms with Crippen molar-refractivity contribution in [2.24, 2.45) is 5.92 Å². The van der Waals surface area contributed by atoms with Crippen LogP contribution in [0, 0.1) is 18.7 Å². The van der Waals surface area contributed by atoms with Crippen LogP contribution in [0.2, 0.25) is 0 Å². The first-order valence-corrected chi connectivity index (χ1v) is 4.71. The van der Waals surface area contributed by atoms with Crippen LogP contribution in [0.5, 0.6) is 0 Å². The van der Waals surface area contributed by atoms with E-state index >= 15 is 0 Å². The van der Waals surface area contributed by atoms with Crippen molar-refractivity contribution in [3.05, 3.63) is 35.1 Å². The molecule has 2 heteroatoms. The van der Waals surface area contributed by atoms with Crippen LogP contribution >= 0.6 is 0 Å². The highest BCUT2D eigenvalue weighted by Gasteiger charge is 2.18. The lowest BCUT2D eigenvalue weighted by Gasteiger charge is -2.27. The predicted molar refractivity (Wildman–Crippen MR) is 51.2 cm³/mol. The number of aryl methyl sites for hydroxylation is 1. The number of hydrogen-bond acceptors (Lipinski definition) is 1.